The molecule has 0 radical (unpaired) electrons. The Morgan fingerprint density at radius 1 is 0.742 bits per heavy atom. The molecule has 0 aliphatic heterocycles. The summed E-state index contributed by atoms with van der Waals surface area (Å²) in [4.78, 5) is 23.4. The van der Waals surface area contributed by atoms with Crippen molar-refractivity contribution in [3.63, 3.8) is 0 Å². The maximum Gasteiger partial charge on any atom is 0.306 e. The van der Waals surface area contributed by atoms with Gasteiger partial charge in [0.05, 0.1) is 6.61 Å². The summed E-state index contributed by atoms with van der Waals surface area (Å²) in [7, 11) is 0. The molecule has 0 aromatic rings. The summed E-state index contributed by atoms with van der Waals surface area (Å²) in [6, 6.07) is 0. The average molecular weight is 439 g/mol. The smallest absolute Gasteiger partial charge is 0.306 e. The molecule has 0 bridgehead atoms. The molecule has 0 amide bonds. The van der Waals surface area contributed by atoms with E-state index in [1.165, 1.54) is 38.5 Å². The molecule has 1 N–H and O–H groups in total. The van der Waals surface area contributed by atoms with Gasteiger partial charge in [0.15, 0.2) is 6.10 Å². The van der Waals surface area contributed by atoms with Crippen LogP contribution in [0, 0.1) is 0 Å². The number of ether oxygens (including phenoxy) is 2. The Balaban J connectivity index is 3.59. The fourth-order valence-electron chi connectivity index (χ4n) is 3.03. The Kier molecular flexibility index (Phi) is 21.8. The normalized spacial score (nSPS) is 12.5. The van der Waals surface area contributed by atoms with Crippen molar-refractivity contribution in [1.82, 2.24) is 0 Å². The summed E-state index contributed by atoms with van der Waals surface area (Å²) < 4.78 is 10.2. The highest BCUT2D eigenvalue weighted by Gasteiger charge is 2.15. The summed E-state index contributed by atoms with van der Waals surface area (Å²) >= 11 is 0. The molecule has 180 valence electrons. The minimum absolute atomic E-state index is 0.0764. The number of hydrogen-bond acceptors (Lipinski definition) is 5. The monoisotopic (exact) mass is 438 g/mol. The van der Waals surface area contributed by atoms with Crippen molar-refractivity contribution < 1.29 is 24.2 Å². The van der Waals surface area contributed by atoms with E-state index in [1.54, 1.807) is 0 Å². The zero-order valence-corrected chi connectivity index (χ0v) is 20.0. The molecule has 1 unspecified atom stereocenters. The van der Waals surface area contributed by atoms with Gasteiger partial charge in [0, 0.05) is 12.8 Å². The molecular formula is C26H46O5. The maximum atomic E-state index is 11.9. The quantitative estimate of drug-likeness (QED) is 0.127. The van der Waals surface area contributed by atoms with Crippen LogP contribution in [0.3, 0.4) is 0 Å². The van der Waals surface area contributed by atoms with Crippen molar-refractivity contribution in [1.29, 1.82) is 0 Å². The molecule has 0 aliphatic carbocycles. The molecule has 0 fully saturated rings. The Bertz CT molecular complexity index is 484. The second-order valence-electron chi connectivity index (χ2n) is 8.06. The zero-order valence-electron chi connectivity index (χ0n) is 20.0. The van der Waals surface area contributed by atoms with E-state index in [2.05, 4.69) is 31.2 Å². The second-order valence-corrected chi connectivity index (χ2v) is 8.06. The number of aliphatic hydroxyl groups excluding tert-OH is 1. The highest BCUT2D eigenvalue weighted by molar-refractivity contribution is 5.70. The minimum Gasteiger partial charge on any atom is -0.462 e. The zero-order chi connectivity index (χ0) is 23.0. The Morgan fingerprint density at radius 3 is 1.97 bits per heavy atom. The molecule has 0 spiro atoms. The third-order valence-corrected chi connectivity index (χ3v) is 5.00. The van der Waals surface area contributed by atoms with Crippen LogP contribution in [0.4, 0.5) is 0 Å². The topological polar surface area (TPSA) is 72.8 Å². The number of carbonyl (C=O) groups is 2. The Hall–Kier alpha value is -1.62. The van der Waals surface area contributed by atoms with Crippen LogP contribution in [-0.2, 0) is 19.1 Å². The van der Waals surface area contributed by atoms with Crippen LogP contribution in [-0.4, -0.2) is 36.4 Å². The van der Waals surface area contributed by atoms with E-state index < -0.39 is 6.10 Å². The predicted octanol–water partition coefficient (Wildman–Crippen LogP) is 6.44. The molecular weight excluding hydrogens is 392 g/mol. The van der Waals surface area contributed by atoms with Crippen LogP contribution in [0.2, 0.25) is 0 Å². The van der Waals surface area contributed by atoms with E-state index in [4.69, 9.17) is 9.47 Å². The van der Waals surface area contributed by atoms with E-state index >= 15 is 0 Å². The summed E-state index contributed by atoms with van der Waals surface area (Å²) in [6.07, 6.45) is 23.1. The molecule has 1 atom stereocenters. The third kappa shape index (κ3) is 21.4. The molecule has 0 aliphatic rings. The lowest BCUT2D eigenvalue weighted by Crippen LogP contribution is -2.28. The first-order valence-electron chi connectivity index (χ1n) is 12.4. The third-order valence-electron chi connectivity index (χ3n) is 5.00. The van der Waals surface area contributed by atoms with Gasteiger partial charge < -0.3 is 14.6 Å². The fourth-order valence-corrected chi connectivity index (χ4v) is 3.03. The number of aliphatic hydroxyl groups is 1. The fraction of sp³-hybridized carbons (Fsp3) is 0.769. The summed E-state index contributed by atoms with van der Waals surface area (Å²) in [6.45, 7) is 3.81. The number of esters is 2. The van der Waals surface area contributed by atoms with Gasteiger partial charge in [-0.05, 0) is 44.9 Å². The Morgan fingerprint density at radius 2 is 1.32 bits per heavy atom. The largest absolute Gasteiger partial charge is 0.462 e. The van der Waals surface area contributed by atoms with Crippen molar-refractivity contribution in [3.8, 4) is 0 Å². The number of allylic oxidation sites excluding steroid dienone is 4. The van der Waals surface area contributed by atoms with Gasteiger partial charge in [-0.15, -0.1) is 0 Å². The van der Waals surface area contributed by atoms with Gasteiger partial charge in [-0.1, -0.05) is 76.7 Å². The summed E-state index contributed by atoms with van der Waals surface area (Å²) in [5.74, 6) is -0.653. The lowest BCUT2D eigenvalue weighted by atomic mass is 10.1. The number of unbranched alkanes of at least 4 members (excludes halogenated alkanes) is 9. The van der Waals surface area contributed by atoms with Crippen LogP contribution in [0.15, 0.2) is 24.3 Å². The SMILES string of the molecule is CCCCC/C=C\C/C=C\CCCCCCCC(=O)OC(CO)COC(=O)CCCC. The Labute approximate surface area is 190 Å². The molecule has 0 rings (SSSR count). The molecule has 0 saturated heterocycles. The van der Waals surface area contributed by atoms with Gasteiger partial charge in [0.25, 0.3) is 0 Å². The highest BCUT2D eigenvalue weighted by Crippen LogP contribution is 2.09. The van der Waals surface area contributed by atoms with Crippen LogP contribution >= 0.6 is 0 Å². The van der Waals surface area contributed by atoms with Gasteiger partial charge >= 0.3 is 11.9 Å². The maximum absolute atomic E-state index is 11.9. The van der Waals surface area contributed by atoms with Crippen LogP contribution in [0.5, 0.6) is 0 Å². The van der Waals surface area contributed by atoms with Gasteiger partial charge in [0.2, 0.25) is 0 Å². The van der Waals surface area contributed by atoms with Crippen molar-refractivity contribution in [2.24, 2.45) is 0 Å². The summed E-state index contributed by atoms with van der Waals surface area (Å²) in [5.41, 5.74) is 0. The molecule has 31 heavy (non-hydrogen) atoms. The predicted molar refractivity (Wildman–Crippen MR) is 127 cm³/mol. The van der Waals surface area contributed by atoms with Gasteiger partial charge in [-0.2, -0.15) is 0 Å². The van der Waals surface area contributed by atoms with Crippen molar-refractivity contribution in [2.45, 2.75) is 116 Å². The lowest BCUT2D eigenvalue weighted by Gasteiger charge is -2.15. The first-order chi connectivity index (χ1) is 15.1. The molecule has 0 aromatic carbocycles. The van der Waals surface area contributed by atoms with Crippen molar-refractivity contribution in [2.75, 3.05) is 13.2 Å². The van der Waals surface area contributed by atoms with Crippen LogP contribution in [0.1, 0.15) is 110 Å². The lowest BCUT2D eigenvalue weighted by molar-refractivity contribution is -0.161. The minimum atomic E-state index is -0.768. The first kappa shape index (κ1) is 29.4. The van der Waals surface area contributed by atoms with Gasteiger partial charge in [-0.3, -0.25) is 9.59 Å². The summed E-state index contributed by atoms with van der Waals surface area (Å²) in [5, 5.41) is 9.29. The number of carbonyl (C=O) groups excluding carboxylic acids is 2. The number of hydrogen-bond donors (Lipinski definition) is 1. The van der Waals surface area contributed by atoms with Crippen molar-refractivity contribution in [3.05, 3.63) is 24.3 Å². The van der Waals surface area contributed by atoms with Crippen molar-refractivity contribution >= 4 is 11.9 Å². The molecule has 5 heteroatoms. The molecule has 5 nitrogen and oxygen atoms in total. The van der Waals surface area contributed by atoms with E-state index in [0.29, 0.717) is 12.8 Å². The highest BCUT2D eigenvalue weighted by atomic mass is 16.6. The molecule has 0 heterocycles. The van der Waals surface area contributed by atoms with E-state index in [-0.39, 0.29) is 25.2 Å². The second kappa shape index (κ2) is 23.1. The van der Waals surface area contributed by atoms with Crippen LogP contribution < -0.4 is 0 Å². The molecule has 0 aromatic heterocycles. The van der Waals surface area contributed by atoms with Gasteiger partial charge in [0.1, 0.15) is 6.61 Å². The first-order valence-corrected chi connectivity index (χ1v) is 12.4. The average Bonchev–Trinajstić information content (AvgIpc) is 2.77. The van der Waals surface area contributed by atoms with Gasteiger partial charge in [-0.25, -0.2) is 0 Å². The van der Waals surface area contributed by atoms with E-state index in [0.717, 1.165) is 44.9 Å². The van der Waals surface area contributed by atoms with Crippen LogP contribution in [0.25, 0.3) is 0 Å². The molecule has 0 saturated carbocycles. The van der Waals surface area contributed by atoms with E-state index in [1.807, 2.05) is 6.92 Å². The standard InChI is InChI=1S/C26H46O5/c1-3-5-7-8-9-10-11-12-13-14-15-16-17-18-19-21-26(29)31-24(22-27)23-30-25(28)20-6-4-2/h9-10,12-13,24,27H,3-8,11,14-23H2,1-2H3/b10-9-,13-12-. The van der Waals surface area contributed by atoms with E-state index in [9.17, 15) is 14.7 Å². The number of rotatable bonds is 21.